The number of carbonyl (C=O) groups excluding carboxylic acids is 1. The molecule has 23 heavy (non-hydrogen) atoms. The van der Waals surface area contributed by atoms with Gasteiger partial charge in [-0.3, -0.25) is 4.79 Å². The van der Waals surface area contributed by atoms with Crippen LogP contribution in [0.1, 0.15) is 25.7 Å². The van der Waals surface area contributed by atoms with E-state index < -0.39 is 0 Å². The molecule has 2 saturated heterocycles. The summed E-state index contributed by atoms with van der Waals surface area (Å²) in [7, 11) is 0. The Morgan fingerprint density at radius 3 is 2.87 bits per heavy atom. The maximum absolute atomic E-state index is 12.6. The van der Waals surface area contributed by atoms with E-state index in [0.29, 0.717) is 29.1 Å². The first kappa shape index (κ1) is 14.8. The maximum Gasteiger partial charge on any atom is 0.298 e. The minimum atomic E-state index is 0.0618. The van der Waals surface area contributed by atoms with Crippen LogP contribution in [0.3, 0.4) is 0 Å². The van der Waals surface area contributed by atoms with Crippen LogP contribution in [0.5, 0.6) is 0 Å². The van der Waals surface area contributed by atoms with Gasteiger partial charge in [-0.1, -0.05) is 11.6 Å². The Hall–Kier alpha value is -1.75. The summed E-state index contributed by atoms with van der Waals surface area (Å²) in [6, 6.07) is 6.04. The molecule has 0 radical (unpaired) electrons. The highest BCUT2D eigenvalue weighted by molar-refractivity contribution is 6.31. The summed E-state index contributed by atoms with van der Waals surface area (Å²) in [5.74, 6) is 0.359. The van der Waals surface area contributed by atoms with E-state index in [1.807, 2.05) is 17.0 Å². The number of halogens is 1. The summed E-state index contributed by atoms with van der Waals surface area (Å²) < 4.78 is 5.81. The number of aromatic nitrogens is 1. The van der Waals surface area contributed by atoms with E-state index in [9.17, 15) is 4.79 Å². The molecule has 1 aromatic carbocycles. The molecule has 0 aliphatic carbocycles. The molecule has 2 fully saturated rings. The number of fused-ring (bicyclic) bond motifs is 1. The van der Waals surface area contributed by atoms with E-state index in [1.54, 1.807) is 6.07 Å². The Morgan fingerprint density at radius 1 is 1.22 bits per heavy atom. The third-order valence-electron chi connectivity index (χ3n) is 4.81. The number of hydrogen-bond acceptors (Lipinski definition) is 4. The third kappa shape index (κ3) is 2.90. The fraction of sp³-hybridized carbons (Fsp3) is 0.529. The van der Waals surface area contributed by atoms with Gasteiger partial charge >= 0.3 is 0 Å². The monoisotopic (exact) mass is 333 g/mol. The van der Waals surface area contributed by atoms with Crippen molar-refractivity contribution in [1.29, 1.82) is 0 Å². The molecular weight excluding hydrogens is 314 g/mol. The zero-order valence-corrected chi connectivity index (χ0v) is 13.8. The van der Waals surface area contributed by atoms with Crippen molar-refractivity contribution in [3.05, 3.63) is 23.2 Å². The molecule has 1 amide bonds. The summed E-state index contributed by atoms with van der Waals surface area (Å²) in [6.45, 7) is 3.33. The lowest BCUT2D eigenvalue weighted by molar-refractivity contribution is -0.135. The zero-order chi connectivity index (χ0) is 15.8. The van der Waals surface area contributed by atoms with Crippen molar-refractivity contribution >= 4 is 34.6 Å². The second kappa shape index (κ2) is 6.04. The highest BCUT2D eigenvalue weighted by Crippen LogP contribution is 2.29. The van der Waals surface area contributed by atoms with Crippen LogP contribution >= 0.6 is 11.6 Å². The molecule has 5 nitrogen and oxygen atoms in total. The molecule has 0 saturated carbocycles. The molecule has 2 aromatic rings. The van der Waals surface area contributed by atoms with Crippen LogP contribution in [0, 0.1) is 5.92 Å². The summed E-state index contributed by atoms with van der Waals surface area (Å²) in [5, 5.41) is 0.639. The Kier molecular flexibility index (Phi) is 3.89. The van der Waals surface area contributed by atoms with Crippen LogP contribution in [-0.4, -0.2) is 42.0 Å². The van der Waals surface area contributed by atoms with Crippen molar-refractivity contribution in [2.75, 3.05) is 31.1 Å². The van der Waals surface area contributed by atoms with Gasteiger partial charge < -0.3 is 14.2 Å². The lowest BCUT2D eigenvalue weighted by Gasteiger charge is -2.29. The van der Waals surface area contributed by atoms with E-state index in [-0.39, 0.29) is 5.92 Å². The molecule has 0 spiro atoms. The lowest BCUT2D eigenvalue weighted by Crippen LogP contribution is -2.40. The van der Waals surface area contributed by atoms with Gasteiger partial charge in [0, 0.05) is 37.3 Å². The number of benzene rings is 1. The van der Waals surface area contributed by atoms with E-state index >= 15 is 0 Å². The van der Waals surface area contributed by atoms with Crippen LogP contribution < -0.4 is 4.90 Å². The van der Waals surface area contributed by atoms with Crippen LogP contribution in [0.2, 0.25) is 5.02 Å². The van der Waals surface area contributed by atoms with E-state index in [4.69, 9.17) is 16.0 Å². The van der Waals surface area contributed by atoms with E-state index in [2.05, 4.69) is 9.88 Å². The predicted octanol–water partition coefficient (Wildman–Crippen LogP) is 3.32. The van der Waals surface area contributed by atoms with Gasteiger partial charge in [0.2, 0.25) is 5.91 Å². The van der Waals surface area contributed by atoms with Gasteiger partial charge in [0.25, 0.3) is 6.01 Å². The molecule has 1 unspecified atom stereocenters. The number of hydrogen-bond donors (Lipinski definition) is 0. The van der Waals surface area contributed by atoms with Crippen molar-refractivity contribution in [2.45, 2.75) is 25.7 Å². The molecular formula is C17H20ClN3O2. The Balaban J connectivity index is 1.47. The molecule has 6 heteroatoms. The molecule has 2 aliphatic heterocycles. The van der Waals surface area contributed by atoms with Crippen molar-refractivity contribution in [3.8, 4) is 0 Å². The summed E-state index contributed by atoms with van der Waals surface area (Å²) in [4.78, 5) is 21.2. The molecule has 0 N–H and O–H groups in total. The van der Waals surface area contributed by atoms with Crippen LogP contribution in [0.25, 0.3) is 11.1 Å². The molecule has 4 rings (SSSR count). The van der Waals surface area contributed by atoms with Gasteiger partial charge in [-0.2, -0.15) is 4.98 Å². The van der Waals surface area contributed by atoms with E-state index in [0.717, 1.165) is 44.4 Å². The molecule has 122 valence electrons. The topological polar surface area (TPSA) is 49.6 Å². The SMILES string of the molecule is O=C(C1CCN(c2nc3ccc(Cl)cc3o2)C1)N1CCCCC1. The molecule has 1 aromatic heterocycles. The standard InChI is InChI=1S/C17H20ClN3O2/c18-13-4-5-14-15(10-13)23-17(19-14)21-9-6-12(11-21)16(22)20-7-2-1-3-8-20/h4-5,10,12H,1-3,6-9,11H2. The number of piperidine rings is 1. The van der Waals surface area contributed by atoms with E-state index in [1.165, 1.54) is 6.42 Å². The van der Waals surface area contributed by atoms with Crippen LogP contribution in [0.15, 0.2) is 22.6 Å². The third-order valence-corrected chi connectivity index (χ3v) is 5.05. The number of rotatable bonds is 2. The average molecular weight is 334 g/mol. The van der Waals surface area contributed by atoms with Crippen molar-refractivity contribution < 1.29 is 9.21 Å². The number of anilines is 1. The summed E-state index contributed by atoms with van der Waals surface area (Å²) >= 11 is 5.99. The van der Waals surface area contributed by atoms with Gasteiger partial charge in [0.1, 0.15) is 5.52 Å². The number of carbonyl (C=O) groups is 1. The van der Waals surface area contributed by atoms with Gasteiger partial charge in [0.05, 0.1) is 5.92 Å². The Labute approximate surface area is 140 Å². The predicted molar refractivity (Wildman–Crippen MR) is 89.8 cm³/mol. The van der Waals surface area contributed by atoms with Crippen molar-refractivity contribution in [1.82, 2.24) is 9.88 Å². The first-order valence-electron chi connectivity index (χ1n) is 8.30. The first-order chi connectivity index (χ1) is 11.2. The fourth-order valence-corrected chi connectivity index (χ4v) is 3.69. The lowest BCUT2D eigenvalue weighted by atomic mass is 10.0. The summed E-state index contributed by atoms with van der Waals surface area (Å²) in [5.41, 5.74) is 1.49. The number of oxazole rings is 1. The second-order valence-electron chi connectivity index (χ2n) is 6.43. The highest BCUT2D eigenvalue weighted by Gasteiger charge is 2.33. The largest absolute Gasteiger partial charge is 0.423 e. The van der Waals surface area contributed by atoms with Gasteiger partial charge in [-0.05, 0) is 37.8 Å². The van der Waals surface area contributed by atoms with Crippen LogP contribution in [0.4, 0.5) is 6.01 Å². The van der Waals surface area contributed by atoms with Crippen LogP contribution in [-0.2, 0) is 4.79 Å². The number of nitrogens with zero attached hydrogens (tertiary/aromatic N) is 3. The quantitative estimate of drug-likeness (QED) is 0.846. The second-order valence-corrected chi connectivity index (χ2v) is 6.86. The van der Waals surface area contributed by atoms with Gasteiger partial charge in [-0.25, -0.2) is 0 Å². The minimum Gasteiger partial charge on any atom is -0.423 e. The number of amides is 1. The number of likely N-dealkylation sites (tertiary alicyclic amines) is 1. The molecule has 3 heterocycles. The highest BCUT2D eigenvalue weighted by atomic mass is 35.5. The van der Waals surface area contributed by atoms with Crippen molar-refractivity contribution in [2.24, 2.45) is 5.92 Å². The minimum absolute atomic E-state index is 0.0618. The normalized spacial score (nSPS) is 22.0. The molecule has 0 bridgehead atoms. The fourth-order valence-electron chi connectivity index (χ4n) is 3.53. The smallest absolute Gasteiger partial charge is 0.298 e. The summed E-state index contributed by atoms with van der Waals surface area (Å²) in [6.07, 6.45) is 4.38. The van der Waals surface area contributed by atoms with Gasteiger partial charge in [0.15, 0.2) is 5.58 Å². The van der Waals surface area contributed by atoms with Gasteiger partial charge in [-0.15, -0.1) is 0 Å². The Bertz CT molecular complexity index is 724. The zero-order valence-electron chi connectivity index (χ0n) is 13.0. The molecule has 2 aliphatic rings. The average Bonchev–Trinajstić information content (AvgIpc) is 3.21. The Morgan fingerprint density at radius 2 is 2.04 bits per heavy atom. The first-order valence-corrected chi connectivity index (χ1v) is 8.68. The van der Waals surface area contributed by atoms with Crippen molar-refractivity contribution in [3.63, 3.8) is 0 Å². The maximum atomic E-state index is 12.6. The molecule has 1 atom stereocenters.